The molecule has 0 saturated heterocycles. The van der Waals surface area contributed by atoms with Gasteiger partial charge >= 0.3 is 0 Å². The van der Waals surface area contributed by atoms with E-state index in [0.29, 0.717) is 21.8 Å². The summed E-state index contributed by atoms with van der Waals surface area (Å²) in [5.74, 6) is 0.872. The predicted octanol–water partition coefficient (Wildman–Crippen LogP) is 4.54. The highest BCUT2D eigenvalue weighted by Crippen LogP contribution is 2.23. The lowest BCUT2D eigenvalue weighted by Crippen LogP contribution is -2.33. The van der Waals surface area contributed by atoms with Crippen molar-refractivity contribution in [2.24, 2.45) is 7.05 Å². The summed E-state index contributed by atoms with van der Waals surface area (Å²) in [6.07, 6.45) is 0. The number of benzene rings is 2. The molecule has 1 N–H and O–H groups in total. The molecule has 0 fully saturated rings. The van der Waals surface area contributed by atoms with Crippen LogP contribution in [0.1, 0.15) is 31.3 Å². The Morgan fingerprint density at radius 1 is 1.17 bits per heavy atom. The standard InChI is InChI=1S/C21H22ClFN4O2S/c1-13(15-4-8-17(23)9-5-15)24-20(28)14(2)30-21-26-25-19(27(21)3)12-29-18-10-6-16(22)7-11-18/h4-11,13-14H,12H2,1-3H3,(H,24,28). The summed E-state index contributed by atoms with van der Waals surface area (Å²) >= 11 is 7.18. The van der Waals surface area contributed by atoms with Crippen LogP contribution in [0.15, 0.2) is 53.7 Å². The molecule has 9 heteroatoms. The van der Waals surface area contributed by atoms with Crippen molar-refractivity contribution in [3.8, 4) is 5.75 Å². The second kappa shape index (κ2) is 9.95. The Balaban J connectivity index is 1.55. The van der Waals surface area contributed by atoms with Gasteiger partial charge in [0.2, 0.25) is 5.91 Å². The lowest BCUT2D eigenvalue weighted by atomic mass is 10.1. The predicted molar refractivity (Wildman–Crippen MR) is 115 cm³/mol. The Bertz CT molecular complexity index is 995. The molecule has 1 aromatic heterocycles. The lowest BCUT2D eigenvalue weighted by Gasteiger charge is -2.17. The van der Waals surface area contributed by atoms with Gasteiger partial charge in [0.25, 0.3) is 0 Å². The van der Waals surface area contributed by atoms with E-state index < -0.39 is 0 Å². The molecule has 1 heterocycles. The highest BCUT2D eigenvalue weighted by molar-refractivity contribution is 8.00. The summed E-state index contributed by atoms with van der Waals surface area (Å²) in [6.45, 7) is 3.90. The molecule has 1 amide bonds. The smallest absolute Gasteiger partial charge is 0.233 e. The first-order valence-corrected chi connectivity index (χ1v) is 10.6. The van der Waals surface area contributed by atoms with Gasteiger partial charge in [-0.15, -0.1) is 10.2 Å². The Hall–Kier alpha value is -2.58. The van der Waals surface area contributed by atoms with Crippen LogP contribution >= 0.6 is 23.4 Å². The first-order valence-electron chi connectivity index (χ1n) is 9.32. The molecule has 0 aliphatic carbocycles. The summed E-state index contributed by atoms with van der Waals surface area (Å²) in [7, 11) is 1.83. The van der Waals surface area contributed by atoms with E-state index in [1.807, 2.05) is 14.0 Å². The number of hydrogen-bond acceptors (Lipinski definition) is 5. The number of amides is 1. The van der Waals surface area contributed by atoms with Gasteiger partial charge in [0.1, 0.15) is 18.2 Å². The molecule has 0 aliphatic rings. The Morgan fingerprint density at radius 3 is 2.50 bits per heavy atom. The second-order valence-corrected chi connectivity index (χ2v) is 8.49. The first kappa shape index (κ1) is 22.1. The lowest BCUT2D eigenvalue weighted by molar-refractivity contribution is -0.120. The van der Waals surface area contributed by atoms with Crippen molar-refractivity contribution in [3.63, 3.8) is 0 Å². The molecule has 0 saturated carbocycles. The molecule has 6 nitrogen and oxygen atoms in total. The van der Waals surface area contributed by atoms with E-state index in [0.717, 1.165) is 5.56 Å². The minimum Gasteiger partial charge on any atom is -0.486 e. The van der Waals surface area contributed by atoms with E-state index in [2.05, 4.69) is 15.5 Å². The highest BCUT2D eigenvalue weighted by Gasteiger charge is 2.21. The minimum atomic E-state index is -0.388. The van der Waals surface area contributed by atoms with Crippen molar-refractivity contribution in [1.82, 2.24) is 20.1 Å². The van der Waals surface area contributed by atoms with Crippen molar-refractivity contribution in [1.29, 1.82) is 0 Å². The van der Waals surface area contributed by atoms with Crippen molar-refractivity contribution in [2.75, 3.05) is 0 Å². The maximum absolute atomic E-state index is 13.1. The average molecular weight is 449 g/mol. The van der Waals surface area contributed by atoms with Crippen LogP contribution < -0.4 is 10.1 Å². The molecule has 0 spiro atoms. The van der Waals surface area contributed by atoms with E-state index in [1.165, 1.54) is 23.9 Å². The molecule has 2 unspecified atom stereocenters. The average Bonchev–Trinajstić information content (AvgIpc) is 3.07. The third kappa shape index (κ3) is 5.73. The van der Waals surface area contributed by atoms with Gasteiger partial charge in [-0.05, 0) is 55.8 Å². The van der Waals surface area contributed by atoms with Crippen LogP contribution in [0.5, 0.6) is 5.75 Å². The van der Waals surface area contributed by atoms with Gasteiger partial charge in [-0.2, -0.15) is 0 Å². The number of nitrogens with one attached hydrogen (secondary N) is 1. The van der Waals surface area contributed by atoms with Crippen molar-refractivity contribution < 1.29 is 13.9 Å². The monoisotopic (exact) mass is 448 g/mol. The van der Waals surface area contributed by atoms with E-state index in [-0.39, 0.29) is 29.6 Å². The summed E-state index contributed by atoms with van der Waals surface area (Å²) in [5, 5.41) is 12.1. The number of rotatable bonds is 8. The molecule has 2 aromatic carbocycles. The van der Waals surface area contributed by atoms with Crippen LogP contribution in [0.2, 0.25) is 5.02 Å². The molecule has 3 aromatic rings. The Labute approximate surface area is 183 Å². The molecule has 2 atom stereocenters. The SMILES string of the molecule is CC(Sc1nnc(COc2ccc(Cl)cc2)n1C)C(=O)NC(C)c1ccc(F)cc1. The molecule has 0 bridgehead atoms. The number of thioether (sulfide) groups is 1. The number of halogens is 2. The quantitative estimate of drug-likeness (QED) is 0.512. The van der Waals surface area contributed by atoms with Gasteiger partial charge < -0.3 is 14.6 Å². The topological polar surface area (TPSA) is 69.0 Å². The van der Waals surface area contributed by atoms with Crippen LogP contribution in [0.4, 0.5) is 4.39 Å². The van der Waals surface area contributed by atoms with E-state index in [1.54, 1.807) is 47.9 Å². The van der Waals surface area contributed by atoms with E-state index in [4.69, 9.17) is 16.3 Å². The van der Waals surface area contributed by atoms with E-state index in [9.17, 15) is 9.18 Å². The number of carbonyl (C=O) groups is 1. The van der Waals surface area contributed by atoms with Crippen LogP contribution in [0, 0.1) is 5.82 Å². The third-order valence-corrected chi connectivity index (χ3v) is 5.87. The number of ether oxygens (including phenoxy) is 1. The fraction of sp³-hybridized carbons (Fsp3) is 0.286. The van der Waals surface area contributed by atoms with Crippen molar-refractivity contribution >= 4 is 29.3 Å². The van der Waals surface area contributed by atoms with Crippen LogP contribution in [0.3, 0.4) is 0 Å². The molecule has 30 heavy (non-hydrogen) atoms. The summed E-state index contributed by atoms with van der Waals surface area (Å²) in [5.41, 5.74) is 0.835. The maximum Gasteiger partial charge on any atom is 0.233 e. The molecule has 0 aliphatic heterocycles. The van der Waals surface area contributed by atoms with E-state index >= 15 is 0 Å². The molecule has 158 valence electrons. The molecular weight excluding hydrogens is 427 g/mol. The van der Waals surface area contributed by atoms with Gasteiger partial charge in [-0.25, -0.2) is 4.39 Å². The fourth-order valence-corrected chi connectivity index (χ4v) is 3.60. The van der Waals surface area contributed by atoms with Gasteiger partial charge in [0.05, 0.1) is 11.3 Å². The summed E-state index contributed by atoms with van der Waals surface area (Å²) < 4.78 is 20.6. The van der Waals surface area contributed by atoms with Crippen molar-refractivity contribution in [3.05, 3.63) is 70.8 Å². The van der Waals surface area contributed by atoms with Gasteiger partial charge in [-0.3, -0.25) is 4.79 Å². The molecular formula is C21H22ClFN4O2S. The van der Waals surface area contributed by atoms with Gasteiger partial charge in [0, 0.05) is 12.1 Å². The second-order valence-electron chi connectivity index (χ2n) is 6.74. The first-order chi connectivity index (χ1) is 14.3. The summed E-state index contributed by atoms with van der Waals surface area (Å²) in [4.78, 5) is 12.6. The number of hydrogen-bond donors (Lipinski definition) is 1. The highest BCUT2D eigenvalue weighted by atomic mass is 35.5. The molecule has 0 radical (unpaired) electrons. The van der Waals surface area contributed by atoms with Gasteiger partial charge in [-0.1, -0.05) is 35.5 Å². The zero-order valence-corrected chi connectivity index (χ0v) is 18.4. The Morgan fingerprint density at radius 2 is 1.83 bits per heavy atom. The molecule has 3 rings (SSSR count). The largest absolute Gasteiger partial charge is 0.486 e. The van der Waals surface area contributed by atoms with Crippen LogP contribution in [0.25, 0.3) is 0 Å². The maximum atomic E-state index is 13.1. The van der Waals surface area contributed by atoms with Gasteiger partial charge in [0.15, 0.2) is 11.0 Å². The minimum absolute atomic E-state index is 0.140. The third-order valence-electron chi connectivity index (χ3n) is 4.49. The number of nitrogens with zero attached hydrogens (tertiary/aromatic N) is 3. The summed E-state index contributed by atoms with van der Waals surface area (Å²) in [6, 6.07) is 12.9. The van der Waals surface area contributed by atoms with Crippen LogP contribution in [-0.4, -0.2) is 25.9 Å². The van der Waals surface area contributed by atoms with Crippen LogP contribution in [-0.2, 0) is 18.4 Å². The van der Waals surface area contributed by atoms with Crippen molar-refractivity contribution in [2.45, 2.75) is 36.9 Å². The number of carbonyl (C=O) groups excluding carboxylic acids is 1. The fourth-order valence-electron chi connectivity index (χ4n) is 2.63. The zero-order valence-electron chi connectivity index (χ0n) is 16.8. The Kier molecular flexibility index (Phi) is 7.33. The normalized spacial score (nSPS) is 13.0. The number of aromatic nitrogens is 3. The zero-order chi connectivity index (χ0) is 21.7.